The van der Waals surface area contributed by atoms with E-state index in [1.165, 1.54) is 4.90 Å². The van der Waals surface area contributed by atoms with Crippen LogP contribution in [0.2, 0.25) is 5.02 Å². The molecule has 0 saturated heterocycles. The van der Waals surface area contributed by atoms with Crippen LogP contribution in [-0.2, 0) is 13.0 Å². The van der Waals surface area contributed by atoms with Crippen LogP contribution in [0.1, 0.15) is 18.1 Å². The molecule has 1 atom stereocenters. The SMILES string of the molecule is C[C@@H](O)CN(C)C(=O)NCc1cc(Cl)cc2c1OCC2. The zero-order valence-corrected chi connectivity index (χ0v) is 12.4. The van der Waals surface area contributed by atoms with Crippen molar-refractivity contribution < 1.29 is 14.6 Å². The Labute approximate surface area is 123 Å². The van der Waals surface area contributed by atoms with Gasteiger partial charge in [0.25, 0.3) is 0 Å². The van der Waals surface area contributed by atoms with Gasteiger partial charge in [0.05, 0.1) is 12.7 Å². The molecule has 2 N–H and O–H groups in total. The predicted octanol–water partition coefficient (Wildman–Crippen LogP) is 1.80. The number of urea groups is 1. The average molecular weight is 299 g/mol. The molecule has 0 aromatic heterocycles. The van der Waals surface area contributed by atoms with Gasteiger partial charge in [0.1, 0.15) is 5.75 Å². The van der Waals surface area contributed by atoms with Gasteiger partial charge >= 0.3 is 6.03 Å². The predicted molar refractivity (Wildman–Crippen MR) is 77.2 cm³/mol. The first-order chi connectivity index (χ1) is 9.47. The van der Waals surface area contributed by atoms with Crippen molar-refractivity contribution >= 4 is 17.6 Å². The molecule has 2 rings (SSSR count). The standard InChI is InChI=1S/C14H19ClN2O3/c1-9(18)8-17(2)14(19)16-7-11-6-12(15)5-10-3-4-20-13(10)11/h5-6,9,18H,3-4,7-8H2,1-2H3,(H,16,19)/t9-/m1/s1. The van der Waals surface area contributed by atoms with Crippen LogP contribution in [0, 0.1) is 0 Å². The van der Waals surface area contributed by atoms with Crippen molar-refractivity contribution in [2.45, 2.75) is 26.0 Å². The van der Waals surface area contributed by atoms with Crippen LogP contribution in [0.25, 0.3) is 0 Å². The summed E-state index contributed by atoms with van der Waals surface area (Å²) in [7, 11) is 1.64. The Balaban J connectivity index is 1.99. The molecule has 110 valence electrons. The number of nitrogens with zero attached hydrogens (tertiary/aromatic N) is 1. The molecule has 2 amide bonds. The van der Waals surface area contributed by atoms with Crippen LogP contribution in [0.5, 0.6) is 5.75 Å². The van der Waals surface area contributed by atoms with Crippen LogP contribution < -0.4 is 10.1 Å². The normalized spacial score (nSPS) is 14.4. The third-order valence-electron chi connectivity index (χ3n) is 3.14. The van der Waals surface area contributed by atoms with Gasteiger partial charge in [-0.05, 0) is 24.6 Å². The first kappa shape index (κ1) is 14.9. The Morgan fingerprint density at radius 1 is 1.60 bits per heavy atom. The smallest absolute Gasteiger partial charge is 0.317 e. The molecule has 0 spiro atoms. The summed E-state index contributed by atoms with van der Waals surface area (Å²) >= 11 is 6.06. The zero-order chi connectivity index (χ0) is 14.7. The van der Waals surface area contributed by atoms with E-state index in [1.807, 2.05) is 6.07 Å². The molecular weight excluding hydrogens is 280 g/mol. The van der Waals surface area contributed by atoms with E-state index in [4.69, 9.17) is 16.3 Å². The van der Waals surface area contributed by atoms with E-state index in [9.17, 15) is 9.90 Å². The molecule has 0 fully saturated rings. The van der Waals surface area contributed by atoms with Crippen LogP contribution >= 0.6 is 11.6 Å². The molecule has 20 heavy (non-hydrogen) atoms. The van der Waals surface area contributed by atoms with E-state index in [2.05, 4.69) is 5.32 Å². The first-order valence-electron chi connectivity index (χ1n) is 6.58. The molecular formula is C14H19ClN2O3. The maximum absolute atomic E-state index is 11.9. The second-order valence-corrected chi connectivity index (χ2v) is 5.48. The van der Waals surface area contributed by atoms with Crippen molar-refractivity contribution in [2.75, 3.05) is 20.2 Å². The highest BCUT2D eigenvalue weighted by Crippen LogP contribution is 2.32. The van der Waals surface area contributed by atoms with Gasteiger partial charge < -0.3 is 20.1 Å². The Bertz CT molecular complexity index is 505. The van der Waals surface area contributed by atoms with Gasteiger partial charge in [-0.3, -0.25) is 0 Å². The minimum Gasteiger partial charge on any atom is -0.493 e. The highest BCUT2D eigenvalue weighted by atomic mass is 35.5. The molecule has 0 aliphatic carbocycles. The summed E-state index contributed by atoms with van der Waals surface area (Å²) in [6.45, 7) is 2.93. The van der Waals surface area contributed by atoms with Crippen molar-refractivity contribution in [1.29, 1.82) is 0 Å². The monoisotopic (exact) mass is 298 g/mol. The molecule has 0 unspecified atom stereocenters. The van der Waals surface area contributed by atoms with Gasteiger partial charge in [0, 0.05) is 37.1 Å². The summed E-state index contributed by atoms with van der Waals surface area (Å²) in [5.74, 6) is 0.827. The van der Waals surface area contributed by atoms with Crippen LogP contribution in [-0.4, -0.2) is 42.3 Å². The largest absolute Gasteiger partial charge is 0.493 e. The number of benzene rings is 1. The van der Waals surface area contributed by atoms with Gasteiger partial charge in [-0.25, -0.2) is 4.79 Å². The number of fused-ring (bicyclic) bond motifs is 1. The summed E-state index contributed by atoms with van der Waals surface area (Å²) in [6, 6.07) is 3.47. The average Bonchev–Trinajstić information content (AvgIpc) is 2.82. The topological polar surface area (TPSA) is 61.8 Å². The van der Waals surface area contributed by atoms with Crippen LogP contribution in [0.15, 0.2) is 12.1 Å². The maximum Gasteiger partial charge on any atom is 0.317 e. The van der Waals surface area contributed by atoms with Gasteiger partial charge in [-0.15, -0.1) is 0 Å². The maximum atomic E-state index is 11.9. The van der Waals surface area contributed by atoms with E-state index in [0.29, 0.717) is 18.2 Å². The highest BCUT2D eigenvalue weighted by molar-refractivity contribution is 6.30. The number of carbonyl (C=O) groups is 1. The fourth-order valence-corrected chi connectivity index (χ4v) is 2.53. The first-order valence-corrected chi connectivity index (χ1v) is 6.96. The number of hydrogen-bond acceptors (Lipinski definition) is 3. The summed E-state index contributed by atoms with van der Waals surface area (Å²) in [4.78, 5) is 13.3. The lowest BCUT2D eigenvalue weighted by molar-refractivity contribution is 0.143. The molecule has 0 saturated carbocycles. The van der Waals surface area contributed by atoms with E-state index >= 15 is 0 Å². The number of ether oxygens (including phenoxy) is 1. The number of aliphatic hydroxyl groups excluding tert-OH is 1. The molecule has 5 nitrogen and oxygen atoms in total. The van der Waals surface area contributed by atoms with E-state index < -0.39 is 6.10 Å². The summed E-state index contributed by atoms with van der Waals surface area (Å²) in [5.41, 5.74) is 1.96. The number of hydrogen-bond donors (Lipinski definition) is 2. The van der Waals surface area contributed by atoms with Crippen molar-refractivity contribution in [3.8, 4) is 5.75 Å². The van der Waals surface area contributed by atoms with Crippen molar-refractivity contribution in [3.05, 3.63) is 28.3 Å². The number of halogens is 1. The molecule has 1 aromatic carbocycles. The van der Waals surface area contributed by atoms with Crippen LogP contribution in [0.3, 0.4) is 0 Å². The number of aliphatic hydroxyl groups is 1. The Morgan fingerprint density at radius 2 is 2.35 bits per heavy atom. The van der Waals surface area contributed by atoms with E-state index in [-0.39, 0.29) is 12.6 Å². The molecule has 1 aromatic rings. The number of carbonyl (C=O) groups excluding carboxylic acids is 1. The third kappa shape index (κ3) is 3.55. The molecule has 0 bridgehead atoms. The van der Waals surface area contributed by atoms with Crippen LogP contribution in [0.4, 0.5) is 4.79 Å². The summed E-state index contributed by atoms with van der Waals surface area (Å²) < 4.78 is 5.58. The fourth-order valence-electron chi connectivity index (χ4n) is 2.26. The lowest BCUT2D eigenvalue weighted by Gasteiger charge is -2.19. The lowest BCUT2D eigenvalue weighted by atomic mass is 10.1. The number of likely N-dealkylation sites (N-methyl/N-ethyl adjacent to an activating group) is 1. The summed E-state index contributed by atoms with van der Waals surface area (Å²) in [5, 5.41) is 12.7. The second kappa shape index (κ2) is 6.33. The van der Waals surface area contributed by atoms with Crippen molar-refractivity contribution in [1.82, 2.24) is 10.2 Å². The fraction of sp³-hybridized carbons (Fsp3) is 0.500. The Hall–Kier alpha value is -1.46. The Kier molecular flexibility index (Phi) is 4.73. The summed E-state index contributed by atoms with van der Waals surface area (Å²) in [6.07, 6.45) is 0.295. The van der Waals surface area contributed by atoms with Gasteiger partial charge in [0.15, 0.2) is 0 Å². The minimum atomic E-state index is -0.551. The second-order valence-electron chi connectivity index (χ2n) is 5.04. The third-order valence-corrected chi connectivity index (χ3v) is 3.36. The zero-order valence-electron chi connectivity index (χ0n) is 11.6. The number of nitrogens with one attached hydrogen (secondary N) is 1. The van der Waals surface area contributed by atoms with Crippen molar-refractivity contribution in [3.63, 3.8) is 0 Å². The molecule has 6 heteroatoms. The number of amides is 2. The molecule has 1 aliphatic heterocycles. The highest BCUT2D eigenvalue weighted by Gasteiger charge is 2.18. The Morgan fingerprint density at radius 3 is 3.05 bits per heavy atom. The van der Waals surface area contributed by atoms with Gasteiger partial charge in [0.2, 0.25) is 0 Å². The van der Waals surface area contributed by atoms with E-state index in [0.717, 1.165) is 23.3 Å². The molecule has 1 heterocycles. The number of rotatable bonds is 4. The lowest BCUT2D eigenvalue weighted by Crippen LogP contribution is -2.40. The minimum absolute atomic E-state index is 0.238. The van der Waals surface area contributed by atoms with E-state index in [1.54, 1.807) is 20.0 Å². The quantitative estimate of drug-likeness (QED) is 0.891. The molecule has 1 aliphatic rings. The van der Waals surface area contributed by atoms with Crippen molar-refractivity contribution in [2.24, 2.45) is 0 Å². The van der Waals surface area contributed by atoms with Gasteiger partial charge in [-0.2, -0.15) is 0 Å². The molecule has 0 radical (unpaired) electrons. The van der Waals surface area contributed by atoms with Gasteiger partial charge in [-0.1, -0.05) is 11.6 Å².